The predicted molar refractivity (Wildman–Crippen MR) is 89.7 cm³/mol. The molecule has 1 heterocycles. The third-order valence-electron chi connectivity index (χ3n) is 4.13. The second kappa shape index (κ2) is 7.17. The van der Waals surface area contributed by atoms with Crippen molar-refractivity contribution >= 4 is 17.7 Å². The minimum absolute atomic E-state index is 0.159. The maximum absolute atomic E-state index is 12.7. The van der Waals surface area contributed by atoms with Crippen LogP contribution in [0.4, 0.5) is 10.5 Å². The number of carbonyl (C=O) groups excluding carboxylic acids is 2. The van der Waals surface area contributed by atoms with E-state index in [0.29, 0.717) is 12.1 Å². The zero-order valence-corrected chi connectivity index (χ0v) is 13.5. The van der Waals surface area contributed by atoms with Crippen molar-refractivity contribution in [3.05, 3.63) is 65.7 Å². The van der Waals surface area contributed by atoms with Gasteiger partial charge in [0.25, 0.3) is 0 Å². The Morgan fingerprint density at radius 2 is 1.79 bits per heavy atom. The Balaban J connectivity index is 1.83. The molecule has 124 valence electrons. The van der Waals surface area contributed by atoms with Crippen molar-refractivity contribution in [3.63, 3.8) is 0 Å². The summed E-state index contributed by atoms with van der Waals surface area (Å²) in [7, 11) is 1.33. The number of nitrogens with zero attached hydrogens (tertiary/aromatic N) is 1. The summed E-state index contributed by atoms with van der Waals surface area (Å²) in [5.74, 6) is -0.429. The number of amides is 1. The minimum atomic E-state index is -0.659. The van der Waals surface area contributed by atoms with Gasteiger partial charge in [-0.3, -0.25) is 4.90 Å². The molecule has 0 N–H and O–H groups in total. The van der Waals surface area contributed by atoms with E-state index in [1.165, 1.54) is 12.0 Å². The van der Waals surface area contributed by atoms with Gasteiger partial charge in [0.05, 0.1) is 12.8 Å². The monoisotopic (exact) mass is 325 g/mol. The molecular weight excluding hydrogens is 306 g/mol. The standard InChI is InChI=1S/C19H19NO4/c1-23-18(21)17-12-11-15-9-5-6-10-16(15)20(17)19(22)24-13-14-7-3-2-4-8-14/h2-10,17H,11-13H2,1H3. The van der Waals surface area contributed by atoms with Gasteiger partial charge < -0.3 is 9.47 Å². The van der Waals surface area contributed by atoms with Crippen molar-refractivity contribution < 1.29 is 19.1 Å². The van der Waals surface area contributed by atoms with Crippen molar-refractivity contribution in [1.82, 2.24) is 0 Å². The molecule has 24 heavy (non-hydrogen) atoms. The van der Waals surface area contributed by atoms with Gasteiger partial charge >= 0.3 is 12.1 Å². The molecule has 1 aliphatic heterocycles. The van der Waals surface area contributed by atoms with Gasteiger partial charge in [-0.1, -0.05) is 48.5 Å². The number of benzene rings is 2. The molecule has 2 aromatic rings. The number of hydrogen-bond donors (Lipinski definition) is 0. The number of ether oxygens (including phenoxy) is 2. The van der Waals surface area contributed by atoms with Crippen LogP contribution >= 0.6 is 0 Å². The molecule has 0 saturated carbocycles. The highest BCUT2D eigenvalue weighted by Gasteiger charge is 2.37. The molecule has 5 nitrogen and oxygen atoms in total. The van der Waals surface area contributed by atoms with Gasteiger partial charge in [0.1, 0.15) is 12.6 Å². The van der Waals surface area contributed by atoms with E-state index in [1.54, 1.807) is 0 Å². The number of anilines is 1. The lowest BCUT2D eigenvalue weighted by atomic mass is 9.96. The lowest BCUT2D eigenvalue weighted by molar-refractivity contribution is -0.142. The second-order valence-corrected chi connectivity index (χ2v) is 5.62. The van der Waals surface area contributed by atoms with Gasteiger partial charge in [0.2, 0.25) is 0 Å². The first kappa shape index (κ1) is 16.1. The number of carbonyl (C=O) groups is 2. The Kier molecular flexibility index (Phi) is 4.79. The largest absolute Gasteiger partial charge is 0.467 e. The summed E-state index contributed by atoms with van der Waals surface area (Å²) < 4.78 is 10.3. The van der Waals surface area contributed by atoms with Gasteiger partial charge in [0, 0.05) is 0 Å². The van der Waals surface area contributed by atoms with E-state index in [1.807, 2.05) is 54.6 Å². The first-order valence-corrected chi connectivity index (χ1v) is 7.86. The maximum Gasteiger partial charge on any atom is 0.415 e. The molecule has 0 spiro atoms. The zero-order chi connectivity index (χ0) is 16.9. The van der Waals surface area contributed by atoms with Crippen LogP contribution in [0, 0.1) is 0 Å². The Labute approximate surface area is 140 Å². The van der Waals surface area contributed by atoms with Gasteiger partial charge in [-0.05, 0) is 30.0 Å². The summed E-state index contributed by atoms with van der Waals surface area (Å²) in [4.78, 5) is 26.2. The molecule has 1 aliphatic rings. The number of para-hydroxylation sites is 1. The van der Waals surface area contributed by atoms with Crippen LogP contribution in [0.15, 0.2) is 54.6 Å². The smallest absolute Gasteiger partial charge is 0.415 e. The maximum atomic E-state index is 12.7. The van der Waals surface area contributed by atoms with Crippen molar-refractivity contribution in [2.75, 3.05) is 12.0 Å². The molecule has 1 unspecified atom stereocenters. The summed E-state index contributed by atoms with van der Waals surface area (Å²) in [5, 5.41) is 0. The van der Waals surface area contributed by atoms with E-state index in [9.17, 15) is 9.59 Å². The number of aryl methyl sites for hydroxylation is 1. The molecule has 0 bridgehead atoms. The molecular formula is C19H19NO4. The lowest BCUT2D eigenvalue weighted by Gasteiger charge is -2.34. The van der Waals surface area contributed by atoms with E-state index in [0.717, 1.165) is 17.5 Å². The second-order valence-electron chi connectivity index (χ2n) is 5.62. The highest BCUT2D eigenvalue weighted by atomic mass is 16.6. The van der Waals surface area contributed by atoms with Crippen molar-refractivity contribution in [2.45, 2.75) is 25.5 Å². The molecule has 0 aliphatic carbocycles. The minimum Gasteiger partial charge on any atom is -0.467 e. The fourth-order valence-corrected chi connectivity index (χ4v) is 2.92. The summed E-state index contributed by atoms with van der Waals surface area (Å²) in [6, 6.07) is 16.3. The van der Waals surface area contributed by atoms with Crippen molar-refractivity contribution in [2.24, 2.45) is 0 Å². The van der Waals surface area contributed by atoms with E-state index >= 15 is 0 Å². The first-order valence-electron chi connectivity index (χ1n) is 7.86. The van der Waals surface area contributed by atoms with Gasteiger partial charge in [-0.2, -0.15) is 0 Å². The van der Waals surface area contributed by atoms with Gasteiger partial charge in [0.15, 0.2) is 0 Å². The summed E-state index contributed by atoms with van der Waals surface area (Å²) in [6.45, 7) is 0.159. The molecule has 5 heteroatoms. The molecule has 1 atom stereocenters. The van der Waals surface area contributed by atoms with Crippen LogP contribution in [0.2, 0.25) is 0 Å². The predicted octanol–water partition coefficient (Wildman–Crippen LogP) is 3.32. The highest BCUT2D eigenvalue weighted by molar-refractivity contribution is 5.97. The fourth-order valence-electron chi connectivity index (χ4n) is 2.92. The van der Waals surface area contributed by atoms with Crippen LogP contribution in [0.1, 0.15) is 17.5 Å². The van der Waals surface area contributed by atoms with Crippen LogP contribution in [-0.2, 0) is 27.3 Å². The SMILES string of the molecule is COC(=O)C1CCc2ccccc2N1C(=O)OCc1ccccc1. The summed E-state index contributed by atoms with van der Waals surface area (Å²) in [5.41, 5.74) is 2.62. The molecule has 0 fully saturated rings. The number of esters is 1. The number of methoxy groups -OCH3 is 1. The molecule has 0 saturated heterocycles. The lowest BCUT2D eigenvalue weighted by Crippen LogP contribution is -2.48. The molecule has 2 aromatic carbocycles. The molecule has 0 aromatic heterocycles. The number of rotatable bonds is 3. The third-order valence-corrected chi connectivity index (χ3v) is 4.13. The Morgan fingerprint density at radius 3 is 2.54 bits per heavy atom. The van der Waals surface area contributed by atoms with Crippen LogP contribution in [0.5, 0.6) is 0 Å². The average Bonchev–Trinajstić information content (AvgIpc) is 2.65. The van der Waals surface area contributed by atoms with Gasteiger partial charge in [-0.25, -0.2) is 9.59 Å². The van der Waals surface area contributed by atoms with Gasteiger partial charge in [-0.15, -0.1) is 0 Å². The summed E-state index contributed by atoms with van der Waals surface area (Å²) in [6.07, 6.45) is 0.698. The number of fused-ring (bicyclic) bond motifs is 1. The molecule has 1 amide bonds. The highest BCUT2D eigenvalue weighted by Crippen LogP contribution is 2.31. The van der Waals surface area contributed by atoms with E-state index in [-0.39, 0.29) is 6.61 Å². The Bertz CT molecular complexity index is 729. The van der Waals surface area contributed by atoms with E-state index in [4.69, 9.17) is 9.47 Å². The van der Waals surface area contributed by atoms with E-state index in [2.05, 4.69) is 0 Å². The molecule has 0 radical (unpaired) electrons. The Hall–Kier alpha value is -2.82. The van der Waals surface area contributed by atoms with Crippen LogP contribution in [0.25, 0.3) is 0 Å². The average molecular weight is 325 g/mol. The van der Waals surface area contributed by atoms with Crippen LogP contribution in [0.3, 0.4) is 0 Å². The third kappa shape index (κ3) is 3.25. The molecule has 3 rings (SSSR count). The topological polar surface area (TPSA) is 55.8 Å². The van der Waals surface area contributed by atoms with Crippen molar-refractivity contribution in [1.29, 1.82) is 0 Å². The Morgan fingerprint density at radius 1 is 1.08 bits per heavy atom. The van der Waals surface area contributed by atoms with Crippen LogP contribution < -0.4 is 4.90 Å². The fraction of sp³-hybridized carbons (Fsp3) is 0.263. The normalized spacial score (nSPS) is 16.2. The number of hydrogen-bond acceptors (Lipinski definition) is 4. The first-order chi connectivity index (χ1) is 11.7. The van der Waals surface area contributed by atoms with Crippen LogP contribution in [-0.4, -0.2) is 25.2 Å². The van der Waals surface area contributed by atoms with Crippen molar-refractivity contribution in [3.8, 4) is 0 Å². The quantitative estimate of drug-likeness (QED) is 0.812. The zero-order valence-electron chi connectivity index (χ0n) is 13.5. The van der Waals surface area contributed by atoms with E-state index < -0.39 is 18.1 Å². The summed E-state index contributed by atoms with van der Waals surface area (Å²) >= 11 is 0.